The van der Waals surface area contributed by atoms with E-state index in [1.54, 1.807) is 33.4 Å². The molecule has 0 saturated carbocycles. The van der Waals surface area contributed by atoms with Crippen molar-refractivity contribution in [3.05, 3.63) is 159 Å². The van der Waals surface area contributed by atoms with Crippen LogP contribution >= 0.6 is 11.3 Å². The molecule has 0 amide bonds. The van der Waals surface area contributed by atoms with Crippen molar-refractivity contribution < 1.29 is 0 Å². The Balaban J connectivity index is 0.907. The van der Waals surface area contributed by atoms with Crippen molar-refractivity contribution in [3.8, 4) is 11.1 Å². The van der Waals surface area contributed by atoms with E-state index in [4.69, 9.17) is 4.99 Å². The average Bonchev–Trinajstić information content (AvgIpc) is 3.80. The smallest absolute Gasteiger partial charge is 0.177 e. The first-order valence-corrected chi connectivity index (χ1v) is 22.3. The van der Waals surface area contributed by atoms with Crippen molar-refractivity contribution in [2.45, 2.75) is 94.4 Å². The van der Waals surface area contributed by atoms with Gasteiger partial charge >= 0.3 is 0 Å². The Labute approximate surface area is 334 Å². The third-order valence-electron chi connectivity index (χ3n) is 14.9. The van der Waals surface area contributed by atoms with Crippen LogP contribution in [0.25, 0.3) is 32.9 Å². The van der Waals surface area contributed by atoms with Gasteiger partial charge in [-0.15, -0.1) is 11.3 Å². The van der Waals surface area contributed by atoms with E-state index in [1.165, 1.54) is 86.3 Å². The monoisotopic (exact) mass is 745 g/mol. The number of hydrogen-bond acceptors (Lipinski definition) is 4. The van der Waals surface area contributed by atoms with Crippen LogP contribution in [0.1, 0.15) is 95.9 Å². The molecule has 3 aromatic carbocycles. The Morgan fingerprint density at radius 3 is 2.73 bits per heavy atom. The summed E-state index contributed by atoms with van der Waals surface area (Å²) in [5, 5.41) is 5.60. The number of nitrogens with zero attached hydrogens (tertiary/aromatic N) is 2. The third-order valence-corrected chi connectivity index (χ3v) is 16.1. The molecule has 276 valence electrons. The molecule has 2 aliphatic heterocycles. The van der Waals surface area contributed by atoms with Crippen LogP contribution in [0.5, 0.6) is 0 Å². The molecule has 1 aromatic heterocycles. The quantitative estimate of drug-likeness (QED) is 0.212. The lowest BCUT2D eigenvalue weighted by atomic mass is 9.59. The van der Waals surface area contributed by atoms with E-state index in [1.807, 2.05) is 11.3 Å². The fraction of sp³-hybridized carbons (Fsp3) is 0.327. The van der Waals surface area contributed by atoms with Crippen molar-refractivity contribution in [3.63, 3.8) is 0 Å². The average molecular weight is 746 g/mol. The number of aryl methyl sites for hydroxylation is 2. The lowest BCUT2D eigenvalue weighted by Gasteiger charge is -2.47. The normalized spacial score (nSPS) is 30.2. The Morgan fingerprint density at radius 2 is 1.73 bits per heavy atom. The summed E-state index contributed by atoms with van der Waals surface area (Å²) in [7, 11) is 0. The third kappa shape index (κ3) is 4.63. The zero-order valence-electron chi connectivity index (χ0n) is 31.9. The van der Waals surface area contributed by atoms with Gasteiger partial charge in [0.05, 0.1) is 11.8 Å². The lowest BCUT2D eigenvalue weighted by Crippen LogP contribution is -2.58. The molecule has 9 aliphatic rings. The summed E-state index contributed by atoms with van der Waals surface area (Å²) >= 11 is 1.95. The Kier molecular flexibility index (Phi) is 7.14. The van der Waals surface area contributed by atoms with Crippen LogP contribution in [0.2, 0.25) is 0 Å². The summed E-state index contributed by atoms with van der Waals surface area (Å²) in [4.78, 5) is 10.0. The molecule has 7 aliphatic carbocycles. The van der Waals surface area contributed by atoms with Crippen LogP contribution in [-0.4, -0.2) is 24.1 Å². The van der Waals surface area contributed by atoms with Crippen LogP contribution < -0.4 is 10.2 Å². The van der Waals surface area contributed by atoms with Gasteiger partial charge in [-0.05, 0) is 150 Å². The van der Waals surface area contributed by atoms with E-state index in [0.29, 0.717) is 29.7 Å². The zero-order chi connectivity index (χ0) is 36.5. The molecule has 13 rings (SSSR count). The van der Waals surface area contributed by atoms with Gasteiger partial charge in [0.1, 0.15) is 0 Å². The van der Waals surface area contributed by atoms with Gasteiger partial charge in [-0.25, -0.2) is 4.99 Å². The summed E-state index contributed by atoms with van der Waals surface area (Å²) in [6.45, 7) is 0. The van der Waals surface area contributed by atoms with Gasteiger partial charge in [0, 0.05) is 45.0 Å². The van der Waals surface area contributed by atoms with Crippen LogP contribution in [0.4, 0.5) is 5.69 Å². The van der Waals surface area contributed by atoms with E-state index in [2.05, 4.69) is 126 Å². The van der Waals surface area contributed by atoms with Crippen LogP contribution in [0, 0.1) is 11.8 Å². The molecule has 0 saturated heterocycles. The first-order valence-electron chi connectivity index (χ1n) is 21.5. The van der Waals surface area contributed by atoms with Gasteiger partial charge in [0.25, 0.3) is 0 Å². The highest BCUT2D eigenvalue weighted by molar-refractivity contribution is 7.20. The van der Waals surface area contributed by atoms with Gasteiger partial charge in [-0.3, -0.25) is 5.32 Å². The standard InChI is InChI=1S/C52H47N3S/c1-4-19-44-42(14-1)51(41-26-25-40-37-16-8-11-30-10-7-15-36(49(30)37)38-17-9-18-39(41)50(38)40)54-52(53-44)55-45-20-5-2-12-33(45)43-28-31(23-27-46(43)55)32-22-24-35-34-13-3-6-21-47(34)56-48(35)29-32/h1-2,4-6,8,11-12,15-16,20-24,26-29,33,38,40,42,44-45,52-53H,3,7,9-10,13-14,17-19,25H2. The van der Waals surface area contributed by atoms with E-state index < -0.39 is 0 Å². The molecule has 4 aromatic rings. The van der Waals surface area contributed by atoms with Crippen molar-refractivity contribution in [2.75, 3.05) is 4.90 Å². The second-order valence-electron chi connectivity index (χ2n) is 17.6. The van der Waals surface area contributed by atoms with Crippen LogP contribution in [0.15, 0.2) is 131 Å². The number of nitrogens with one attached hydrogen (secondary N) is 1. The van der Waals surface area contributed by atoms with Gasteiger partial charge in [0.15, 0.2) is 6.29 Å². The Bertz CT molecular complexity index is 2640. The molecule has 56 heavy (non-hydrogen) atoms. The molecule has 3 heterocycles. The second-order valence-corrected chi connectivity index (χ2v) is 18.7. The first-order chi connectivity index (χ1) is 27.8. The van der Waals surface area contributed by atoms with E-state index in [9.17, 15) is 0 Å². The first kappa shape index (κ1) is 32.3. The Morgan fingerprint density at radius 1 is 0.804 bits per heavy atom. The molecule has 3 nitrogen and oxygen atoms in total. The lowest BCUT2D eigenvalue weighted by molar-refractivity contribution is 0.330. The molecule has 7 atom stereocenters. The molecule has 4 heteroatoms. The highest BCUT2D eigenvalue weighted by Crippen LogP contribution is 2.58. The number of rotatable bonds is 3. The number of benzene rings is 3. The van der Waals surface area contributed by atoms with Crippen molar-refractivity contribution in [2.24, 2.45) is 16.8 Å². The number of aliphatic imine (C=N–C) groups is 1. The number of hydrogen-bond donors (Lipinski definition) is 1. The highest BCUT2D eigenvalue weighted by atomic mass is 32.1. The van der Waals surface area contributed by atoms with Gasteiger partial charge in [-0.1, -0.05) is 96.7 Å². The minimum absolute atomic E-state index is 0.116. The fourth-order valence-electron chi connectivity index (χ4n) is 12.5. The topological polar surface area (TPSA) is 27.6 Å². The summed E-state index contributed by atoms with van der Waals surface area (Å²) < 4.78 is 1.41. The summed E-state index contributed by atoms with van der Waals surface area (Å²) in [6, 6.07) is 22.3. The number of fused-ring (bicyclic) bond motifs is 9. The predicted octanol–water partition coefficient (Wildman–Crippen LogP) is 12.1. The van der Waals surface area contributed by atoms with E-state index in [-0.39, 0.29) is 12.3 Å². The molecule has 1 N–H and O–H groups in total. The van der Waals surface area contributed by atoms with Gasteiger partial charge in [-0.2, -0.15) is 0 Å². The summed E-state index contributed by atoms with van der Waals surface area (Å²) in [5.74, 6) is 1.80. The second kappa shape index (κ2) is 12.4. The summed E-state index contributed by atoms with van der Waals surface area (Å²) in [5.41, 5.74) is 19.6. The molecule has 0 spiro atoms. The van der Waals surface area contributed by atoms with Gasteiger partial charge < -0.3 is 4.90 Å². The van der Waals surface area contributed by atoms with E-state index >= 15 is 0 Å². The maximum atomic E-state index is 5.92. The molecule has 0 fully saturated rings. The number of anilines is 1. The zero-order valence-corrected chi connectivity index (χ0v) is 32.7. The van der Waals surface area contributed by atoms with Crippen molar-refractivity contribution >= 4 is 44.5 Å². The minimum Gasteiger partial charge on any atom is -0.330 e. The molecule has 0 bridgehead atoms. The SMILES string of the molecule is C1=CC2c3cc(-c4ccc5c6c(sc5c4)C=CCC6)ccc3N(C3N=C(C4=CCC5C6=C4CCCC6C4=CCCc6cccc5c64)C4CC=CCC4N3)C2C=C1. The number of thiophene rings is 1. The van der Waals surface area contributed by atoms with Crippen molar-refractivity contribution in [1.29, 1.82) is 0 Å². The van der Waals surface area contributed by atoms with E-state index in [0.717, 1.165) is 32.1 Å². The fourth-order valence-corrected chi connectivity index (χ4v) is 13.8. The van der Waals surface area contributed by atoms with Gasteiger partial charge in [0.2, 0.25) is 0 Å². The minimum atomic E-state index is -0.116. The largest absolute Gasteiger partial charge is 0.330 e. The maximum Gasteiger partial charge on any atom is 0.177 e. The molecular formula is C52H47N3S. The molecule has 0 radical (unpaired) electrons. The predicted molar refractivity (Wildman–Crippen MR) is 234 cm³/mol. The van der Waals surface area contributed by atoms with Crippen LogP contribution in [-0.2, 0) is 12.8 Å². The van der Waals surface area contributed by atoms with Crippen LogP contribution in [0.3, 0.4) is 0 Å². The summed E-state index contributed by atoms with van der Waals surface area (Å²) in [6.07, 6.45) is 35.7. The highest BCUT2D eigenvalue weighted by Gasteiger charge is 2.47. The molecule has 7 unspecified atom stereocenters. The van der Waals surface area contributed by atoms with Crippen molar-refractivity contribution in [1.82, 2.24) is 5.32 Å². The number of allylic oxidation sites excluding steroid dienone is 10. The Hall–Kier alpha value is -4.77. The maximum absolute atomic E-state index is 5.92. The molecular weight excluding hydrogens is 699 g/mol.